The van der Waals surface area contributed by atoms with E-state index in [4.69, 9.17) is 19.8 Å². The average molecular weight is 348 g/mol. The Balaban J connectivity index is 2.45. The lowest BCUT2D eigenvalue weighted by Crippen LogP contribution is -1.99. The molecule has 2 aromatic carbocycles. The topological polar surface area (TPSA) is 79.6 Å². The summed E-state index contributed by atoms with van der Waals surface area (Å²) in [4.78, 5) is 11.0. The molecule has 2 rings (SSSR count). The number of hydrogen-bond donors (Lipinski definition) is 1. The fourth-order valence-electron chi connectivity index (χ4n) is 1.69. The van der Waals surface area contributed by atoms with Gasteiger partial charge in [-0.25, -0.2) is 4.79 Å². The SMILES string of the molecule is COc1ccc(C(=O)O)cc1Oc1ccc(Br)cc1C#N. The summed E-state index contributed by atoms with van der Waals surface area (Å²) >= 11 is 3.27. The van der Waals surface area contributed by atoms with Crippen LogP contribution in [0.5, 0.6) is 17.2 Å². The molecule has 0 unspecified atom stereocenters. The van der Waals surface area contributed by atoms with Crippen molar-refractivity contribution in [3.8, 4) is 23.3 Å². The molecule has 106 valence electrons. The number of nitriles is 1. The Labute approximate surface area is 129 Å². The van der Waals surface area contributed by atoms with E-state index in [1.165, 1.54) is 25.3 Å². The monoisotopic (exact) mass is 347 g/mol. The lowest BCUT2D eigenvalue weighted by Gasteiger charge is -2.12. The van der Waals surface area contributed by atoms with Crippen LogP contribution >= 0.6 is 15.9 Å². The minimum absolute atomic E-state index is 0.0708. The zero-order valence-electron chi connectivity index (χ0n) is 11.0. The van der Waals surface area contributed by atoms with Crippen molar-refractivity contribution in [2.45, 2.75) is 0 Å². The zero-order chi connectivity index (χ0) is 15.4. The number of benzene rings is 2. The highest BCUT2D eigenvalue weighted by Crippen LogP contribution is 2.34. The third-order valence-corrected chi connectivity index (χ3v) is 3.19. The first kappa shape index (κ1) is 14.9. The molecule has 6 heteroatoms. The number of hydrogen-bond acceptors (Lipinski definition) is 4. The van der Waals surface area contributed by atoms with E-state index in [9.17, 15) is 4.79 Å². The van der Waals surface area contributed by atoms with Gasteiger partial charge < -0.3 is 14.6 Å². The maximum atomic E-state index is 11.0. The highest BCUT2D eigenvalue weighted by atomic mass is 79.9. The molecule has 0 heterocycles. The second-order valence-corrected chi connectivity index (χ2v) is 4.94. The highest BCUT2D eigenvalue weighted by Gasteiger charge is 2.13. The van der Waals surface area contributed by atoms with Crippen LogP contribution in [-0.4, -0.2) is 18.2 Å². The van der Waals surface area contributed by atoms with Gasteiger partial charge in [0.2, 0.25) is 0 Å². The molecule has 0 amide bonds. The summed E-state index contributed by atoms with van der Waals surface area (Å²) in [5, 5.41) is 18.1. The van der Waals surface area contributed by atoms with Crippen LogP contribution < -0.4 is 9.47 Å². The smallest absolute Gasteiger partial charge is 0.335 e. The van der Waals surface area contributed by atoms with Gasteiger partial charge in [0.1, 0.15) is 11.8 Å². The number of methoxy groups -OCH3 is 1. The predicted octanol–water partition coefficient (Wildman–Crippen LogP) is 3.82. The van der Waals surface area contributed by atoms with E-state index in [0.29, 0.717) is 17.1 Å². The van der Waals surface area contributed by atoms with Crippen molar-refractivity contribution < 1.29 is 19.4 Å². The van der Waals surface area contributed by atoms with Crippen molar-refractivity contribution in [1.82, 2.24) is 0 Å². The summed E-state index contributed by atoms with van der Waals surface area (Å²) in [6, 6.07) is 11.3. The van der Waals surface area contributed by atoms with Crippen molar-refractivity contribution in [2.75, 3.05) is 7.11 Å². The summed E-state index contributed by atoms with van der Waals surface area (Å²) < 4.78 is 11.5. The van der Waals surface area contributed by atoms with Gasteiger partial charge in [-0.1, -0.05) is 15.9 Å². The van der Waals surface area contributed by atoms with E-state index in [1.54, 1.807) is 18.2 Å². The Kier molecular flexibility index (Phi) is 4.45. The largest absolute Gasteiger partial charge is 0.493 e. The number of aromatic carboxylic acids is 1. The molecule has 21 heavy (non-hydrogen) atoms. The van der Waals surface area contributed by atoms with Gasteiger partial charge in [0.15, 0.2) is 11.5 Å². The summed E-state index contributed by atoms with van der Waals surface area (Å²) in [6.45, 7) is 0. The molecule has 5 nitrogen and oxygen atoms in total. The third-order valence-electron chi connectivity index (χ3n) is 2.69. The van der Waals surface area contributed by atoms with Crippen LogP contribution in [0, 0.1) is 11.3 Å². The van der Waals surface area contributed by atoms with E-state index >= 15 is 0 Å². The summed E-state index contributed by atoms with van der Waals surface area (Å²) in [5.74, 6) is -0.136. The Hall–Kier alpha value is -2.52. The van der Waals surface area contributed by atoms with Crippen LogP contribution in [0.2, 0.25) is 0 Å². The minimum Gasteiger partial charge on any atom is -0.493 e. The molecule has 0 fully saturated rings. The van der Waals surface area contributed by atoms with Gasteiger partial charge in [0.25, 0.3) is 0 Å². The van der Waals surface area contributed by atoms with Gasteiger partial charge in [-0.2, -0.15) is 5.26 Å². The number of ether oxygens (including phenoxy) is 2. The van der Waals surface area contributed by atoms with Crippen LogP contribution in [0.3, 0.4) is 0 Å². The second-order valence-electron chi connectivity index (χ2n) is 4.03. The van der Waals surface area contributed by atoms with Gasteiger partial charge in [0, 0.05) is 4.47 Å². The standard InChI is InChI=1S/C15H10BrNO4/c1-20-13-4-2-9(15(18)19)7-14(13)21-12-5-3-11(16)6-10(12)8-17/h2-7H,1H3,(H,18,19). The minimum atomic E-state index is -1.07. The van der Waals surface area contributed by atoms with Crippen molar-refractivity contribution >= 4 is 21.9 Å². The van der Waals surface area contributed by atoms with E-state index in [-0.39, 0.29) is 11.3 Å². The lowest BCUT2D eigenvalue weighted by molar-refractivity contribution is 0.0696. The molecular formula is C15H10BrNO4. The molecule has 0 aliphatic heterocycles. The molecule has 0 bridgehead atoms. The van der Waals surface area contributed by atoms with Gasteiger partial charge in [-0.3, -0.25) is 0 Å². The summed E-state index contributed by atoms with van der Waals surface area (Å²) in [7, 11) is 1.45. The Morgan fingerprint density at radius 1 is 1.19 bits per heavy atom. The molecule has 0 atom stereocenters. The lowest BCUT2D eigenvalue weighted by atomic mass is 10.2. The number of carbonyl (C=O) groups is 1. The van der Waals surface area contributed by atoms with Gasteiger partial charge in [0.05, 0.1) is 18.2 Å². The van der Waals surface area contributed by atoms with Crippen LogP contribution in [0.1, 0.15) is 15.9 Å². The Morgan fingerprint density at radius 3 is 2.52 bits per heavy atom. The molecule has 1 N–H and O–H groups in total. The molecule has 0 radical (unpaired) electrons. The van der Waals surface area contributed by atoms with Gasteiger partial charge in [-0.05, 0) is 36.4 Å². The van der Waals surface area contributed by atoms with Crippen molar-refractivity contribution in [2.24, 2.45) is 0 Å². The van der Waals surface area contributed by atoms with Gasteiger partial charge in [-0.15, -0.1) is 0 Å². The van der Waals surface area contributed by atoms with Crippen molar-refractivity contribution in [3.63, 3.8) is 0 Å². The van der Waals surface area contributed by atoms with Crippen molar-refractivity contribution in [3.05, 3.63) is 52.0 Å². The third kappa shape index (κ3) is 3.33. The number of carboxylic acids is 1. The molecule has 0 aromatic heterocycles. The molecule has 0 spiro atoms. The predicted molar refractivity (Wildman–Crippen MR) is 78.9 cm³/mol. The summed E-state index contributed by atoms with van der Waals surface area (Å²) in [5.41, 5.74) is 0.397. The molecule has 0 aliphatic rings. The average Bonchev–Trinajstić information content (AvgIpc) is 2.48. The number of halogens is 1. The van der Waals surface area contributed by atoms with E-state index < -0.39 is 5.97 Å². The first-order valence-corrected chi connectivity index (χ1v) is 6.63. The molecule has 2 aromatic rings. The fraction of sp³-hybridized carbons (Fsp3) is 0.0667. The number of nitrogens with zero attached hydrogens (tertiary/aromatic N) is 1. The van der Waals surface area contributed by atoms with Crippen molar-refractivity contribution in [1.29, 1.82) is 5.26 Å². The number of rotatable bonds is 4. The van der Waals surface area contributed by atoms with Crippen LogP contribution in [-0.2, 0) is 0 Å². The zero-order valence-corrected chi connectivity index (χ0v) is 12.5. The maximum absolute atomic E-state index is 11.0. The highest BCUT2D eigenvalue weighted by molar-refractivity contribution is 9.10. The molecule has 0 saturated heterocycles. The second kappa shape index (κ2) is 6.29. The summed E-state index contributed by atoms with van der Waals surface area (Å²) in [6.07, 6.45) is 0. The molecule has 0 saturated carbocycles. The van der Waals surface area contributed by atoms with Crippen LogP contribution in [0.4, 0.5) is 0 Å². The Morgan fingerprint density at radius 2 is 1.90 bits per heavy atom. The fourth-order valence-corrected chi connectivity index (χ4v) is 2.05. The number of carboxylic acid groups (broad SMARTS) is 1. The molecular weight excluding hydrogens is 338 g/mol. The first-order valence-electron chi connectivity index (χ1n) is 5.84. The molecule has 0 aliphatic carbocycles. The van der Waals surface area contributed by atoms with Gasteiger partial charge >= 0.3 is 5.97 Å². The first-order chi connectivity index (χ1) is 10.0. The normalized spacial score (nSPS) is 9.76. The maximum Gasteiger partial charge on any atom is 0.335 e. The Bertz CT molecular complexity index is 737. The van der Waals surface area contributed by atoms with Crippen LogP contribution in [0.25, 0.3) is 0 Å². The quantitative estimate of drug-likeness (QED) is 0.909. The van der Waals surface area contributed by atoms with E-state index in [2.05, 4.69) is 15.9 Å². The van der Waals surface area contributed by atoms with E-state index in [0.717, 1.165) is 4.47 Å². The van der Waals surface area contributed by atoms with E-state index in [1.807, 2.05) is 6.07 Å². The van der Waals surface area contributed by atoms with Crippen LogP contribution in [0.15, 0.2) is 40.9 Å².